The maximum atomic E-state index is 13.7. The molecule has 32 heavy (non-hydrogen) atoms. The average Bonchev–Trinajstić information content (AvgIpc) is 3.25. The summed E-state index contributed by atoms with van der Waals surface area (Å²) in [6.07, 6.45) is 8.12. The third-order valence-corrected chi connectivity index (χ3v) is 6.56. The van der Waals surface area contributed by atoms with E-state index in [-0.39, 0.29) is 35.7 Å². The van der Waals surface area contributed by atoms with Gasteiger partial charge in [-0.05, 0) is 75.3 Å². The second kappa shape index (κ2) is 10.1. The molecule has 2 saturated carbocycles. The maximum Gasteiger partial charge on any atom is 0.320 e. The van der Waals surface area contributed by atoms with Gasteiger partial charge in [-0.2, -0.15) is 0 Å². The van der Waals surface area contributed by atoms with E-state index >= 15 is 0 Å². The minimum absolute atomic E-state index is 0.0340. The van der Waals surface area contributed by atoms with E-state index in [2.05, 4.69) is 20.8 Å². The van der Waals surface area contributed by atoms with Gasteiger partial charge in [-0.1, -0.05) is 17.2 Å². The first-order valence-corrected chi connectivity index (χ1v) is 11.3. The summed E-state index contributed by atoms with van der Waals surface area (Å²) in [5, 5.41) is 13.2. The average molecular weight is 445 g/mol. The van der Waals surface area contributed by atoms with E-state index in [0.717, 1.165) is 51.4 Å². The SMILES string of the molecule is CC(=O)O[C@H]1CC[C@H](C2CCC(NC(=O)c3nnc(Nc4ccccc4F)o3)CC2)CC1. The first kappa shape index (κ1) is 22.2. The molecule has 0 bridgehead atoms. The fraction of sp³-hybridized carbons (Fsp3) is 0.565. The Morgan fingerprint density at radius 1 is 1.00 bits per heavy atom. The quantitative estimate of drug-likeness (QED) is 0.638. The van der Waals surface area contributed by atoms with Crippen LogP contribution in [-0.2, 0) is 9.53 Å². The number of benzene rings is 1. The van der Waals surface area contributed by atoms with Crippen LogP contribution >= 0.6 is 0 Å². The Balaban J connectivity index is 1.22. The fourth-order valence-corrected chi connectivity index (χ4v) is 4.94. The van der Waals surface area contributed by atoms with E-state index in [1.165, 1.54) is 13.0 Å². The molecule has 4 rings (SSSR count). The maximum absolute atomic E-state index is 13.7. The number of hydrogen-bond donors (Lipinski definition) is 2. The number of carbonyl (C=O) groups is 2. The molecule has 9 heteroatoms. The molecule has 1 heterocycles. The van der Waals surface area contributed by atoms with Gasteiger partial charge in [-0.15, -0.1) is 5.10 Å². The smallest absolute Gasteiger partial charge is 0.320 e. The number of esters is 1. The van der Waals surface area contributed by atoms with Gasteiger partial charge in [0.2, 0.25) is 0 Å². The molecule has 172 valence electrons. The van der Waals surface area contributed by atoms with Gasteiger partial charge in [-0.25, -0.2) is 4.39 Å². The molecule has 8 nitrogen and oxygen atoms in total. The van der Waals surface area contributed by atoms with Crippen LogP contribution in [0.5, 0.6) is 0 Å². The third-order valence-electron chi connectivity index (χ3n) is 6.56. The number of nitrogens with one attached hydrogen (secondary N) is 2. The van der Waals surface area contributed by atoms with Gasteiger partial charge >= 0.3 is 23.8 Å². The van der Waals surface area contributed by atoms with Crippen LogP contribution in [0.1, 0.15) is 69.0 Å². The molecular formula is C23H29FN4O4. The predicted molar refractivity (Wildman–Crippen MR) is 115 cm³/mol. The fourth-order valence-electron chi connectivity index (χ4n) is 4.94. The van der Waals surface area contributed by atoms with E-state index in [4.69, 9.17) is 9.15 Å². The predicted octanol–water partition coefficient (Wildman–Crippen LogP) is 4.36. The Hall–Kier alpha value is -2.97. The standard InChI is InChI=1S/C23H29FN4O4/c1-14(29)31-18-12-8-16(9-13-18)15-6-10-17(11-7-15)25-21(30)22-27-28-23(32-22)26-20-5-3-2-4-19(20)24/h2-5,15-18H,6-13H2,1H3,(H,25,30)(H,26,28)/t15?,16-,17?,18-. The Labute approximate surface area is 186 Å². The second-order valence-electron chi connectivity index (χ2n) is 8.75. The molecule has 2 N–H and O–H groups in total. The lowest BCUT2D eigenvalue weighted by Gasteiger charge is -2.37. The molecular weight excluding hydrogens is 415 g/mol. The number of rotatable bonds is 6. The molecule has 0 atom stereocenters. The molecule has 0 spiro atoms. The lowest BCUT2D eigenvalue weighted by molar-refractivity contribution is -0.148. The van der Waals surface area contributed by atoms with E-state index in [1.54, 1.807) is 18.2 Å². The molecule has 1 amide bonds. The number of hydrogen-bond acceptors (Lipinski definition) is 7. The highest BCUT2D eigenvalue weighted by Gasteiger charge is 2.32. The number of amides is 1. The van der Waals surface area contributed by atoms with Gasteiger partial charge in [0, 0.05) is 13.0 Å². The van der Waals surface area contributed by atoms with Gasteiger partial charge in [0.15, 0.2) is 0 Å². The van der Waals surface area contributed by atoms with Gasteiger partial charge < -0.3 is 19.8 Å². The summed E-state index contributed by atoms with van der Waals surface area (Å²) in [7, 11) is 0. The summed E-state index contributed by atoms with van der Waals surface area (Å²) in [5.41, 5.74) is 0.198. The van der Waals surface area contributed by atoms with Crippen molar-refractivity contribution in [1.82, 2.24) is 15.5 Å². The van der Waals surface area contributed by atoms with Crippen molar-refractivity contribution < 1.29 is 23.1 Å². The van der Waals surface area contributed by atoms with E-state index < -0.39 is 11.7 Å². The molecule has 2 aliphatic rings. The molecule has 1 aromatic carbocycles. The van der Waals surface area contributed by atoms with Crippen LogP contribution in [0.2, 0.25) is 0 Å². The lowest BCUT2D eigenvalue weighted by atomic mass is 9.72. The monoisotopic (exact) mass is 444 g/mol. The van der Waals surface area contributed by atoms with E-state index in [1.807, 2.05) is 0 Å². The number of nitrogens with zero attached hydrogens (tertiary/aromatic N) is 2. The van der Waals surface area contributed by atoms with Crippen molar-refractivity contribution in [2.45, 2.75) is 70.4 Å². The summed E-state index contributed by atoms with van der Waals surface area (Å²) >= 11 is 0. The Morgan fingerprint density at radius 3 is 2.31 bits per heavy atom. The molecule has 2 aromatic rings. The highest BCUT2D eigenvalue weighted by atomic mass is 19.1. The highest BCUT2D eigenvalue weighted by molar-refractivity contribution is 5.89. The zero-order valence-corrected chi connectivity index (χ0v) is 18.2. The van der Waals surface area contributed by atoms with Crippen LogP contribution in [0.15, 0.2) is 28.7 Å². The van der Waals surface area contributed by atoms with Crippen LogP contribution in [0.3, 0.4) is 0 Å². The number of para-hydroxylation sites is 1. The highest BCUT2D eigenvalue weighted by Crippen LogP contribution is 2.39. The van der Waals surface area contributed by atoms with Gasteiger partial charge in [0.25, 0.3) is 0 Å². The first-order valence-electron chi connectivity index (χ1n) is 11.3. The van der Waals surface area contributed by atoms with Gasteiger partial charge in [0.05, 0.1) is 5.69 Å². The van der Waals surface area contributed by atoms with Crippen molar-refractivity contribution in [2.24, 2.45) is 11.8 Å². The largest absolute Gasteiger partial charge is 0.463 e. The second-order valence-corrected chi connectivity index (χ2v) is 8.75. The first-order chi connectivity index (χ1) is 15.5. The topological polar surface area (TPSA) is 106 Å². The molecule has 1 aromatic heterocycles. The van der Waals surface area contributed by atoms with Crippen molar-refractivity contribution >= 4 is 23.6 Å². The Bertz CT molecular complexity index is 934. The Kier molecular flexibility index (Phi) is 7.02. The summed E-state index contributed by atoms with van der Waals surface area (Å²) in [5.74, 6) is 0.122. The molecule has 0 saturated heterocycles. The summed E-state index contributed by atoms with van der Waals surface area (Å²) < 4.78 is 24.4. The number of anilines is 2. The van der Waals surface area contributed by atoms with E-state index in [9.17, 15) is 14.0 Å². The summed E-state index contributed by atoms with van der Waals surface area (Å²) in [6.45, 7) is 1.47. The zero-order valence-electron chi connectivity index (χ0n) is 18.2. The normalized spacial score (nSPS) is 25.7. The van der Waals surface area contributed by atoms with Crippen molar-refractivity contribution in [1.29, 1.82) is 0 Å². The minimum atomic E-state index is -0.451. The molecule has 2 aliphatic carbocycles. The van der Waals surface area contributed by atoms with Crippen LogP contribution in [-0.4, -0.2) is 34.2 Å². The van der Waals surface area contributed by atoms with Crippen LogP contribution in [0, 0.1) is 17.7 Å². The van der Waals surface area contributed by atoms with Crippen LogP contribution in [0.25, 0.3) is 0 Å². The van der Waals surface area contributed by atoms with Crippen molar-refractivity contribution in [3.05, 3.63) is 36.0 Å². The van der Waals surface area contributed by atoms with Gasteiger partial charge in [-0.3, -0.25) is 9.59 Å². The molecule has 0 unspecified atom stereocenters. The van der Waals surface area contributed by atoms with Crippen molar-refractivity contribution in [3.63, 3.8) is 0 Å². The molecule has 0 aliphatic heterocycles. The molecule has 0 radical (unpaired) electrons. The van der Waals surface area contributed by atoms with Crippen LogP contribution in [0.4, 0.5) is 16.1 Å². The van der Waals surface area contributed by atoms with Crippen molar-refractivity contribution in [2.75, 3.05) is 5.32 Å². The number of halogens is 1. The lowest BCUT2D eigenvalue weighted by Crippen LogP contribution is -2.39. The summed E-state index contributed by atoms with van der Waals surface area (Å²) in [6, 6.07) is 6.15. The number of aromatic nitrogens is 2. The summed E-state index contributed by atoms with van der Waals surface area (Å²) in [4.78, 5) is 23.6. The number of carbonyl (C=O) groups excluding carboxylic acids is 2. The Morgan fingerprint density at radius 2 is 1.66 bits per heavy atom. The third kappa shape index (κ3) is 5.63. The number of ether oxygens (including phenoxy) is 1. The van der Waals surface area contributed by atoms with Gasteiger partial charge in [0.1, 0.15) is 11.9 Å². The van der Waals surface area contributed by atoms with E-state index in [0.29, 0.717) is 11.8 Å². The van der Waals surface area contributed by atoms with Crippen LogP contribution < -0.4 is 10.6 Å². The zero-order chi connectivity index (χ0) is 22.5. The van der Waals surface area contributed by atoms with Crippen molar-refractivity contribution in [3.8, 4) is 0 Å². The minimum Gasteiger partial charge on any atom is -0.463 e. The molecule has 2 fully saturated rings.